The lowest BCUT2D eigenvalue weighted by molar-refractivity contribution is 0.194. The Labute approximate surface area is 88.0 Å². The van der Waals surface area contributed by atoms with E-state index in [1.54, 1.807) is 6.92 Å². The lowest BCUT2D eigenvalue weighted by Crippen LogP contribution is -2.24. The van der Waals surface area contributed by atoms with Crippen molar-refractivity contribution in [1.82, 2.24) is 0 Å². The number of hydrogen-bond acceptors (Lipinski definition) is 2. The van der Waals surface area contributed by atoms with Crippen LogP contribution in [0.3, 0.4) is 0 Å². The summed E-state index contributed by atoms with van der Waals surface area (Å²) in [6.45, 7) is 3.65. The third-order valence-electron chi connectivity index (χ3n) is 1.93. The fraction of sp³-hybridized carbons (Fsp3) is 0.455. The van der Waals surface area contributed by atoms with Gasteiger partial charge in [0.2, 0.25) is 0 Å². The second-order valence-corrected chi connectivity index (χ2v) is 3.72. The number of hydrogen-bond donors (Lipinski definition) is 1. The predicted octanol–water partition coefficient (Wildman–Crippen LogP) is 2.47. The first-order chi connectivity index (χ1) is 6.99. The van der Waals surface area contributed by atoms with Crippen LogP contribution in [0.1, 0.15) is 20.3 Å². The molecule has 0 aliphatic carbocycles. The summed E-state index contributed by atoms with van der Waals surface area (Å²) in [7, 11) is 0. The van der Waals surface area contributed by atoms with E-state index >= 15 is 0 Å². The van der Waals surface area contributed by atoms with Gasteiger partial charge in [-0.2, -0.15) is 0 Å². The largest absolute Gasteiger partial charge is 0.488 e. The van der Waals surface area contributed by atoms with E-state index in [9.17, 15) is 8.78 Å². The summed E-state index contributed by atoms with van der Waals surface area (Å²) < 4.78 is 31.0. The maximum Gasteiger partial charge on any atom is 0.167 e. The number of nitrogens with two attached hydrogens (primary N) is 1. The molecule has 1 aromatic rings. The van der Waals surface area contributed by atoms with Crippen molar-refractivity contribution in [2.45, 2.75) is 32.4 Å². The van der Waals surface area contributed by atoms with Gasteiger partial charge in [-0.05, 0) is 32.4 Å². The highest BCUT2D eigenvalue weighted by Gasteiger charge is 2.10. The molecule has 0 aromatic heterocycles. The lowest BCUT2D eigenvalue weighted by Gasteiger charge is -2.16. The van der Waals surface area contributed by atoms with Gasteiger partial charge in [0.25, 0.3) is 0 Å². The molecular formula is C11H15F2NO. The standard InChI is InChI=1S/C11H15F2NO/c1-7(14)5-8(2)15-11-4-3-9(12)6-10(11)13/h3-4,6-8H,5,14H2,1-2H3. The van der Waals surface area contributed by atoms with Crippen LogP contribution in [0.4, 0.5) is 8.78 Å². The summed E-state index contributed by atoms with van der Waals surface area (Å²) in [4.78, 5) is 0. The summed E-state index contributed by atoms with van der Waals surface area (Å²) >= 11 is 0. The third-order valence-corrected chi connectivity index (χ3v) is 1.93. The molecule has 1 aromatic carbocycles. The van der Waals surface area contributed by atoms with Crippen molar-refractivity contribution in [1.29, 1.82) is 0 Å². The van der Waals surface area contributed by atoms with Crippen LogP contribution in [0, 0.1) is 11.6 Å². The Morgan fingerprint density at radius 1 is 1.33 bits per heavy atom. The zero-order chi connectivity index (χ0) is 11.4. The number of rotatable bonds is 4. The molecule has 0 spiro atoms. The predicted molar refractivity (Wildman–Crippen MR) is 54.7 cm³/mol. The highest BCUT2D eigenvalue weighted by molar-refractivity contribution is 5.24. The molecule has 2 N–H and O–H groups in total. The van der Waals surface area contributed by atoms with Gasteiger partial charge in [-0.3, -0.25) is 0 Å². The minimum absolute atomic E-state index is 0.0106. The minimum Gasteiger partial charge on any atom is -0.488 e. The van der Waals surface area contributed by atoms with Crippen LogP contribution in [-0.2, 0) is 0 Å². The fourth-order valence-electron chi connectivity index (χ4n) is 1.36. The van der Waals surface area contributed by atoms with Crippen LogP contribution in [-0.4, -0.2) is 12.1 Å². The van der Waals surface area contributed by atoms with E-state index in [4.69, 9.17) is 10.5 Å². The lowest BCUT2D eigenvalue weighted by atomic mass is 10.2. The quantitative estimate of drug-likeness (QED) is 0.837. The molecule has 2 unspecified atom stereocenters. The van der Waals surface area contributed by atoms with E-state index in [1.165, 1.54) is 6.07 Å². The molecule has 84 valence electrons. The minimum atomic E-state index is -0.688. The van der Waals surface area contributed by atoms with Crippen LogP contribution < -0.4 is 10.5 Å². The Bertz CT molecular complexity index is 328. The van der Waals surface area contributed by atoms with Crippen LogP contribution in [0.2, 0.25) is 0 Å². The van der Waals surface area contributed by atoms with Gasteiger partial charge in [0.15, 0.2) is 11.6 Å². The van der Waals surface area contributed by atoms with Gasteiger partial charge in [0.1, 0.15) is 5.82 Å². The van der Waals surface area contributed by atoms with Crippen molar-refractivity contribution < 1.29 is 13.5 Å². The van der Waals surface area contributed by atoms with Crippen molar-refractivity contribution >= 4 is 0 Å². The van der Waals surface area contributed by atoms with Gasteiger partial charge in [-0.25, -0.2) is 8.78 Å². The van der Waals surface area contributed by atoms with Crippen LogP contribution in [0.5, 0.6) is 5.75 Å². The zero-order valence-corrected chi connectivity index (χ0v) is 8.84. The van der Waals surface area contributed by atoms with Crippen molar-refractivity contribution in [2.75, 3.05) is 0 Å². The second-order valence-electron chi connectivity index (χ2n) is 3.72. The molecule has 0 saturated heterocycles. The molecule has 4 heteroatoms. The molecule has 0 bridgehead atoms. The normalized spacial score (nSPS) is 14.7. The molecule has 0 heterocycles. The average molecular weight is 215 g/mol. The molecule has 0 aliphatic rings. The van der Waals surface area contributed by atoms with Gasteiger partial charge in [0, 0.05) is 12.1 Å². The van der Waals surface area contributed by atoms with E-state index in [0.29, 0.717) is 6.42 Å². The van der Waals surface area contributed by atoms with Gasteiger partial charge >= 0.3 is 0 Å². The molecule has 0 aliphatic heterocycles. The third kappa shape index (κ3) is 3.83. The highest BCUT2D eigenvalue weighted by Crippen LogP contribution is 2.19. The van der Waals surface area contributed by atoms with Crippen LogP contribution >= 0.6 is 0 Å². The van der Waals surface area contributed by atoms with E-state index in [1.807, 2.05) is 6.92 Å². The Morgan fingerprint density at radius 2 is 2.00 bits per heavy atom. The molecule has 1 rings (SSSR count). The monoisotopic (exact) mass is 215 g/mol. The van der Waals surface area contributed by atoms with Crippen LogP contribution in [0.15, 0.2) is 18.2 Å². The van der Waals surface area contributed by atoms with Crippen molar-refractivity contribution in [3.63, 3.8) is 0 Å². The fourth-order valence-corrected chi connectivity index (χ4v) is 1.36. The second kappa shape index (κ2) is 5.07. The average Bonchev–Trinajstić information content (AvgIpc) is 2.08. The molecule has 2 atom stereocenters. The molecule has 15 heavy (non-hydrogen) atoms. The van der Waals surface area contributed by atoms with Crippen molar-refractivity contribution in [3.05, 3.63) is 29.8 Å². The maximum atomic E-state index is 13.2. The zero-order valence-electron chi connectivity index (χ0n) is 8.84. The SMILES string of the molecule is CC(N)CC(C)Oc1ccc(F)cc1F. The number of ether oxygens (including phenoxy) is 1. The summed E-state index contributed by atoms with van der Waals surface area (Å²) in [6, 6.07) is 3.23. The Morgan fingerprint density at radius 3 is 2.53 bits per heavy atom. The molecule has 0 fully saturated rings. The van der Waals surface area contributed by atoms with Crippen LogP contribution in [0.25, 0.3) is 0 Å². The Kier molecular flexibility index (Phi) is 4.03. The van der Waals surface area contributed by atoms with Gasteiger partial charge < -0.3 is 10.5 Å². The molecule has 0 radical (unpaired) electrons. The Hall–Kier alpha value is -1.16. The summed E-state index contributed by atoms with van der Waals surface area (Å²) in [5.74, 6) is -1.24. The topological polar surface area (TPSA) is 35.2 Å². The van der Waals surface area contributed by atoms with E-state index in [0.717, 1.165) is 12.1 Å². The first kappa shape index (κ1) is 11.9. The van der Waals surface area contributed by atoms with E-state index in [2.05, 4.69) is 0 Å². The molecule has 0 saturated carbocycles. The number of halogens is 2. The number of benzene rings is 1. The summed E-state index contributed by atoms with van der Waals surface area (Å²) in [5.41, 5.74) is 5.58. The van der Waals surface area contributed by atoms with Gasteiger partial charge in [-0.1, -0.05) is 0 Å². The first-order valence-electron chi connectivity index (χ1n) is 4.86. The van der Waals surface area contributed by atoms with Crippen molar-refractivity contribution in [2.24, 2.45) is 5.73 Å². The highest BCUT2D eigenvalue weighted by atomic mass is 19.1. The van der Waals surface area contributed by atoms with Gasteiger partial charge in [-0.15, -0.1) is 0 Å². The maximum absolute atomic E-state index is 13.2. The molecular weight excluding hydrogens is 200 g/mol. The Balaban J connectivity index is 2.64. The summed E-state index contributed by atoms with van der Waals surface area (Å²) in [6.07, 6.45) is 0.432. The summed E-state index contributed by atoms with van der Waals surface area (Å²) in [5, 5.41) is 0. The van der Waals surface area contributed by atoms with E-state index in [-0.39, 0.29) is 17.9 Å². The molecule has 0 amide bonds. The first-order valence-corrected chi connectivity index (χ1v) is 4.86. The van der Waals surface area contributed by atoms with Crippen molar-refractivity contribution in [3.8, 4) is 5.75 Å². The van der Waals surface area contributed by atoms with Gasteiger partial charge in [0.05, 0.1) is 6.10 Å². The smallest absolute Gasteiger partial charge is 0.167 e. The molecule has 2 nitrogen and oxygen atoms in total. The van der Waals surface area contributed by atoms with E-state index < -0.39 is 11.6 Å².